The third-order valence-electron chi connectivity index (χ3n) is 4.33. The third-order valence-corrected chi connectivity index (χ3v) is 4.33. The van der Waals surface area contributed by atoms with E-state index in [-0.39, 0.29) is 29.6 Å². The Morgan fingerprint density at radius 1 is 0.739 bits per heavy atom. The van der Waals surface area contributed by atoms with E-state index in [0.717, 1.165) is 12.8 Å². The molecule has 3 heteroatoms. The van der Waals surface area contributed by atoms with Crippen LogP contribution in [0.2, 0.25) is 0 Å². The van der Waals surface area contributed by atoms with Gasteiger partial charge < -0.3 is 9.90 Å². The molecule has 0 aliphatic heterocycles. The molecule has 0 unspecified atom stereocenters. The van der Waals surface area contributed by atoms with Gasteiger partial charge in [-0.05, 0) is 25.3 Å². The number of hydrogen-bond donors (Lipinski definition) is 0. The van der Waals surface area contributed by atoms with Crippen LogP contribution in [-0.2, 0) is 4.79 Å². The van der Waals surface area contributed by atoms with Gasteiger partial charge in [-0.25, -0.2) is 0 Å². The molecule has 23 heavy (non-hydrogen) atoms. The molecular formula is C20H37NaO2. The van der Waals surface area contributed by atoms with Gasteiger partial charge in [-0.2, -0.15) is 0 Å². The second-order valence-corrected chi connectivity index (χ2v) is 6.56. The van der Waals surface area contributed by atoms with Crippen molar-refractivity contribution in [1.29, 1.82) is 0 Å². The monoisotopic (exact) mass is 332 g/mol. The SMILES string of the molecule is CCCCCCCCCCCCCCCCC=C(C)C(=O)[O-].[Na+]. The van der Waals surface area contributed by atoms with Crippen LogP contribution in [0, 0.1) is 0 Å². The maximum absolute atomic E-state index is 10.5. The molecule has 130 valence electrons. The van der Waals surface area contributed by atoms with Crippen LogP contribution in [0.4, 0.5) is 0 Å². The zero-order chi connectivity index (χ0) is 16.5. The predicted octanol–water partition coefficient (Wildman–Crippen LogP) is 2.56. The van der Waals surface area contributed by atoms with E-state index in [2.05, 4.69) is 6.92 Å². The topological polar surface area (TPSA) is 40.1 Å². The Labute approximate surface area is 166 Å². The molecule has 0 aromatic rings. The first kappa shape index (κ1) is 25.5. The van der Waals surface area contributed by atoms with E-state index >= 15 is 0 Å². The Morgan fingerprint density at radius 3 is 1.43 bits per heavy atom. The first-order valence-corrected chi connectivity index (χ1v) is 9.56. The Bertz CT molecular complexity index is 287. The Kier molecular flexibility index (Phi) is 22.4. The number of allylic oxidation sites excluding steroid dienone is 1. The molecule has 0 N–H and O–H groups in total. The van der Waals surface area contributed by atoms with Crippen molar-refractivity contribution in [2.45, 2.75) is 110 Å². The maximum Gasteiger partial charge on any atom is 1.00 e. The van der Waals surface area contributed by atoms with Crippen molar-refractivity contribution in [3.05, 3.63) is 11.6 Å². The van der Waals surface area contributed by atoms with Crippen molar-refractivity contribution in [3.8, 4) is 0 Å². The van der Waals surface area contributed by atoms with Crippen molar-refractivity contribution in [2.24, 2.45) is 0 Å². The molecule has 0 saturated carbocycles. The van der Waals surface area contributed by atoms with E-state index in [1.807, 2.05) is 0 Å². The van der Waals surface area contributed by atoms with Crippen LogP contribution in [0.15, 0.2) is 11.6 Å². The Hall–Kier alpha value is 0.210. The summed E-state index contributed by atoms with van der Waals surface area (Å²) >= 11 is 0. The van der Waals surface area contributed by atoms with E-state index < -0.39 is 5.97 Å². The van der Waals surface area contributed by atoms with Gasteiger partial charge in [0.2, 0.25) is 0 Å². The molecule has 0 heterocycles. The summed E-state index contributed by atoms with van der Waals surface area (Å²) in [6.07, 6.45) is 21.6. The first-order chi connectivity index (χ1) is 10.7. The van der Waals surface area contributed by atoms with Gasteiger partial charge in [-0.15, -0.1) is 0 Å². The number of aliphatic carboxylic acids is 1. The minimum absolute atomic E-state index is 0. The quantitative estimate of drug-likeness (QED) is 0.248. The van der Waals surface area contributed by atoms with Gasteiger partial charge in [0.1, 0.15) is 0 Å². The summed E-state index contributed by atoms with van der Waals surface area (Å²) < 4.78 is 0. The van der Waals surface area contributed by atoms with Crippen molar-refractivity contribution in [1.82, 2.24) is 0 Å². The predicted molar refractivity (Wildman–Crippen MR) is 93.7 cm³/mol. The van der Waals surface area contributed by atoms with E-state index in [4.69, 9.17) is 0 Å². The number of unbranched alkanes of at least 4 members (excludes halogenated alkanes) is 14. The van der Waals surface area contributed by atoms with E-state index in [1.54, 1.807) is 13.0 Å². The average Bonchev–Trinajstić information content (AvgIpc) is 2.50. The Balaban J connectivity index is 0. The molecule has 0 atom stereocenters. The van der Waals surface area contributed by atoms with Crippen LogP contribution >= 0.6 is 0 Å². The minimum Gasteiger partial charge on any atom is -0.545 e. The summed E-state index contributed by atoms with van der Waals surface area (Å²) in [5, 5.41) is 10.5. The molecule has 0 aromatic carbocycles. The zero-order valence-corrected chi connectivity index (χ0v) is 18.0. The number of hydrogen-bond acceptors (Lipinski definition) is 2. The zero-order valence-electron chi connectivity index (χ0n) is 16.0. The molecular weight excluding hydrogens is 295 g/mol. The smallest absolute Gasteiger partial charge is 0.545 e. The number of carboxylic acids is 1. The maximum atomic E-state index is 10.5. The van der Waals surface area contributed by atoms with E-state index in [9.17, 15) is 9.90 Å². The number of rotatable bonds is 16. The van der Waals surface area contributed by atoms with Gasteiger partial charge in [0.25, 0.3) is 0 Å². The second kappa shape index (κ2) is 20.3. The average molecular weight is 333 g/mol. The van der Waals surface area contributed by atoms with Gasteiger partial charge in [-0.3, -0.25) is 0 Å². The molecule has 0 radical (unpaired) electrons. The first-order valence-electron chi connectivity index (χ1n) is 9.56. The fourth-order valence-electron chi connectivity index (χ4n) is 2.74. The molecule has 0 saturated heterocycles. The standard InChI is InChI=1S/C20H38O2.Na/c1-3-4-5-6-7-8-9-10-11-12-13-14-15-16-17-18-19(2)20(21)22;/h18H,3-17H2,1-2H3,(H,21,22);/q;+1/p-1. The van der Waals surface area contributed by atoms with E-state index in [1.165, 1.54) is 83.5 Å². The van der Waals surface area contributed by atoms with Gasteiger partial charge in [0.15, 0.2) is 0 Å². The summed E-state index contributed by atoms with van der Waals surface area (Å²) in [6.45, 7) is 3.88. The largest absolute Gasteiger partial charge is 1.00 e. The summed E-state index contributed by atoms with van der Waals surface area (Å²) in [7, 11) is 0. The second-order valence-electron chi connectivity index (χ2n) is 6.56. The van der Waals surface area contributed by atoms with Crippen LogP contribution in [0.3, 0.4) is 0 Å². The summed E-state index contributed by atoms with van der Waals surface area (Å²) in [6, 6.07) is 0. The summed E-state index contributed by atoms with van der Waals surface area (Å²) in [5.41, 5.74) is 0.370. The molecule has 0 fully saturated rings. The Morgan fingerprint density at radius 2 is 1.09 bits per heavy atom. The molecule has 0 rings (SSSR count). The molecule has 0 spiro atoms. The van der Waals surface area contributed by atoms with Gasteiger partial charge in [0.05, 0.1) is 5.97 Å². The number of carbonyl (C=O) groups excluding carboxylic acids is 1. The normalized spacial score (nSPS) is 11.3. The van der Waals surface area contributed by atoms with Gasteiger partial charge in [-0.1, -0.05) is 96.5 Å². The fraction of sp³-hybridized carbons (Fsp3) is 0.850. The van der Waals surface area contributed by atoms with Crippen LogP contribution in [0.1, 0.15) is 110 Å². The number of carboxylic acid groups (broad SMARTS) is 1. The summed E-state index contributed by atoms with van der Waals surface area (Å²) in [5.74, 6) is -1.04. The molecule has 0 bridgehead atoms. The van der Waals surface area contributed by atoms with Crippen LogP contribution in [0.25, 0.3) is 0 Å². The van der Waals surface area contributed by atoms with Crippen molar-refractivity contribution < 1.29 is 39.5 Å². The van der Waals surface area contributed by atoms with Crippen LogP contribution < -0.4 is 34.7 Å². The van der Waals surface area contributed by atoms with Crippen LogP contribution in [0.5, 0.6) is 0 Å². The molecule has 0 aromatic heterocycles. The fourth-order valence-corrected chi connectivity index (χ4v) is 2.74. The number of carbonyl (C=O) groups is 1. The van der Waals surface area contributed by atoms with Gasteiger partial charge in [0, 0.05) is 0 Å². The van der Waals surface area contributed by atoms with Crippen LogP contribution in [-0.4, -0.2) is 5.97 Å². The molecule has 2 nitrogen and oxygen atoms in total. The van der Waals surface area contributed by atoms with E-state index in [0.29, 0.717) is 5.57 Å². The van der Waals surface area contributed by atoms with Gasteiger partial charge >= 0.3 is 29.6 Å². The summed E-state index contributed by atoms with van der Waals surface area (Å²) in [4.78, 5) is 10.5. The molecule has 0 aliphatic carbocycles. The minimum atomic E-state index is -1.04. The van der Waals surface area contributed by atoms with Crippen molar-refractivity contribution >= 4 is 5.97 Å². The molecule has 0 amide bonds. The molecule has 0 aliphatic rings. The van der Waals surface area contributed by atoms with Crippen molar-refractivity contribution in [2.75, 3.05) is 0 Å². The van der Waals surface area contributed by atoms with Crippen molar-refractivity contribution in [3.63, 3.8) is 0 Å². The third kappa shape index (κ3) is 20.2.